The third-order valence-corrected chi connectivity index (χ3v) is 6.02. The second-order valence-corrected chi connectivity index (χ2v) is 7.78. The van der Waals surface area contributed by atoms with E-state index in [1.807, 2.05) is 30.3 Å². The van der Waals surface area contributed by atoms with Gasteiger partial charge in [0.05, 0.1) is 12.2 Å². The van der Waals surface area contributed by atoms with E-state index in [-0.39, 0.29) is 5.91 Å². The highest BCUT2D eigenvalue weighted by atomic mass is 32.2. The molecular formula is C20H20N6OS. The van der Waals surface area contributed by atoms with Gasteiger partial charge in [0.25, 0.3) is 5.91 Å². The number of carbonyl (C=O) groups is 1. The molecule has 3 aliphatic heterocycles. The number of hydrogen-bond acceptors (Lipinski definition) is 7. The molecule has 1 amide bonds. The number of nitrogens with one attached hydrogen (secondary N) is 1. The quantitative estimate of drug-likeness (QED) is 0.862. The van der Waals surface area contributed by atoms with Gasteiger partial charge in [0.2, 0.25) is 0 Å². The Morgan fingerprint density at radius 2 is 1.82 bits per heavy atom. The molecule has 7 nitrogen and oxygen atoms in total. The highest BCUT2D eigenvalue weighted by molar-refractivity contribution is 8.16. The van der Waals surface area contributed by atoms with Crippen LogP contribution in [0.5, 0.6) is 0 Å². The summed E-state index contributed by atoms with van der Waals surface area (Å²) < 4.78 is 0. The highest BCUT2D eigenvalue weighted by Gasteiger charge is 2.27. The van der Waals surface area contributed by atoms with Crippen LogP contribution in [0.2, 0.25) is 0 Å². The van der Waals surface area contributed by atoms with Crippen molar-refractivity contribution in [2.45, 2.75) is 12.8 Å². The second kappa shape index (κ2) is 7.27. The molecule has 0 saturated carbocycles. The molecule has 28 heavy (non-hydrogen) atoms. The monoisotopic (exact) mass is 392 g/mol. The predicted molar refractivity (Wildman–Crippen MR) is 112 cm³/mol. The normalized spacial score (nSPS) is 18.1. The van der Waals surface area contributed by atoms with Crippen LogP contribution in [0.15, 0.2) is 46.8 Å². The molecule has 1 N–H and O–H groups in total. The molecule has 0 bridgehead atoms. The largest absolute Gasteiger partial charge is 0.355 e. The van der Waals surface area contributed by atoms with E-state index >= 15 is 0 Å². The van der Waals surface area contributed by atoms with E-state index in [0.29, 0.717) is 5.69 Å². The average molecular weight is 392 g/mol. The number of amides is 1. The van der Waals surface area contributed by atoms with Gasteiger partial charge in [-0.1, -0.05) is 23.9 Å². The first-order valence-electron chi connectivity index (χ1n) is 9.47. The second-order valence-electron chi connectivity index (χ2n) is 6.94. The Kier molecular flexibility index (Phi) is 4.48. The number of carbonyl (C=O) groups excluding carboxylic acids is 1. The van der Waals surface area contributed by atoms with Crippen LogP contribution in [0.3, 0.4) is 0 Å². The third kappa shape index (κ3) is 3.24. The molecule has 0 radical (unpaired) electrons. The number of amidine groups is 1. The fraction of sp³-hybridized carbons (Fsp3) is 0.300. The summed E-state index contributed by atoms with van der Waals surface area (Å²) in [7, 11) is 0. The SMILES string of the molecule is O=C(Nc1ccc(C2=CSC3=NCCN23)cc1)c1ccc(N2CCCC2)nn1. The molecule has 2 aromatic rings. The summed E-state index contributed by atoms with van der Waals surface area (Å²) in [5.74, 6) is 0.587. The van der Waals surface area contributed by atoms with Crippen molar-refractivity contribution in [3.63, 3.8) is 0 Å². The summed E-state index contributed by atoms with van der Waals surface area (Å²) in [4.78, 5) is 21.4. The lowest BCUT2D eigenvalue weighted by atomic mass is 10.1. The highest BCUT2D eigenvalue weighted by Crippen LogP contribution is 2.35. The van der Waals surface area contributed by atoms with Gasteiger partial charge in [-0.3, -0.25) is 9.79 Å². The van der Waals surface area contributed by atoms with Crippen molar-refractivity contribution in [3.05, 3.63) is 53.1 Å². The van der Waals surface area contributed by atoms with E-state index in [1.54, 1.807) is 17.8 Å². The fourth-order valence-corrected chi connectivity index (χ4v) is 4.59. The van der Waals surface area contributed by atoms with E-state index in [9.17, 15) is 4.79 Å². The molecular weight excluding hydrogens is 372 g/mol. The molecule has 8 heteroatoms. The van der Waals surface area contributed by atoms with Crippen LogP contribution in [-0.4, -0.2) is 52.4 Å². The van der Waals surface area contributed by atoms with Crippen molar-refractivity contribution in [2.24, 2.45) is 4.99 Å². The van der Waals surface area contributed by atoms with Crippen LogP contribution >= 0.6 is 11.8 Å². The van der Waals surface area contributed by atoms with Gasteiger partial charge in [-0.2, -0.15) is 0 Å². The zero-order valence-corrected chi connectivity index (χ0v) is 16.2. The molecule has 0 unspecified atom stereocenters. The molecule has 142 valence electrons. The summed E-state index contributed by atoms with van der Waals surface area (Å²) >= 11 is 1.66. The van der Waals surface area contributed by atoms with Gasteiger partial charge in [0.1, 0.15) is 0 Å². The summed E-state index contributed by atoms with van der Waals surface area (Å²) in [6.07, 6.45) is 2.36. The first-order chi connectivity index (χ1) is 13.8. The number of anilines is 2. The Morgan fingerprint density at radius 1 is 1.00 bits per heavy atom. The van der Waals surface area contributed by atoms with E-state index in [4.69, 9.17) is 0 Å². The lowest BCUT2D eigenvalue weighted by Crippen LogP contribution is -2.21. The van der Waals surface area contributed by atoms with Gasteiger partial charge in [-0.15, -0.1) is 10.2 Å². The number of nitrogens with zero attached hydrogens (tertiary/aromatic N) is 5. The number of thioether (sulfide) groups is 1. The molecule has 1 saturated heterocycles. The number of rotatable bonds is 4. The van der Waals surface area contributed by atoms with Crippen LogP contribution in [0, 0.1) is 0 Å². The molecule has 4 heterocycles. The van der Waals surface area contributed by atoms with Crippen molar-refractivity contribution < 1.29 is 4.79 Å². The Bertz CT molecular complexity index is 948. The first kappa shape index (κ1) is 17.2. The Labute approximate surface area is 167 Å². The van der Waals surface area contributed by atoms with Crippen LogP contribution < -0.4 is 10.2 Å². The van der Waals surface area contributed by atoms with E-state index in [0.717, 1.165) is 48.4 Å². The minimum absolute atomic E-state index is 0.252. The molecule has 0 spiro atoms. The number of hydrogen-bond donors (Lipinski definition) is 1. The van der Waals surface area contributed by atoms with Gasteiger partial charge in [0, 0.05) is 30.7 Å². The zero-order chi connectivity index (χ0) is 18.9. The van der Waals surface area contributed by atoms with Crippen LogP contribution in [-0.2, 0) is 0 Å². The summed E-state index contributed by atoms with van der Waals surface area (Å²) in [6, 6.07) is 11.5. The van der Waals surface area contributed by atoms with Gasteiger partial charge < -0.3 is 15.1 Å². The molecule has 1 fully saturated rings. The number of benzene rings is 1. The lowest BCUT2D eigenvalue weighted by molar-refractivity contribution is 0.102. The summed E-state index contributed by atoms with van der Waals surface area (Å²) in [6.45, 7) is 3.79. The van der Waals surface area contributed by atoms with Gasteiger partial charge in [0.15, 0.2) is 16.7 Å². The fourth-order valence-electron chi connectivity index (χ4n) is 3.63. The minimum atomic E-state index is -0.252. The Morgan fingerprint density at radius 3 is 2.57 bits per heavy atom. The minimum Gasteiger partial charge on any atom is -0.355 e. The Hall–Kier alpha value is -2.87. The Balaban J connectivity index is 1.24. The number of aliphatic imine (C=N–C) groups is 1. The van der Waals surface area contributed by atoms with E-state index in [1.165, 1.54) is 18.5 Å². The van der Waals surface area contributed by atoms with Crippen molar-refractivity contribution in [1.82, 2.24) is 15.1 Å². The molecule has 0 aliphatic carbocycles. The molecule has 5 rings (SSSR count). The van der Waals surface area contributed by atoms with Gasteiger partial charge in [-0.05, 0) is 42.7 Å². The summed E-state index contributed by atoms with van der Waals surface area (Å²) in [5.41, 5.74) is 3.34. The molecule has 1 aromatic heterocycles. The topological polar surface area (TPSA) is 73.7 Å². The van der Waals surface area contributed by atoms with Crippen molar-refractivity contribution >= 4 is 40.0 Å². The number of fused-ring (bicyclic) bond motifs is 1. The van der Waals surface area contributed by atoms with Gasteiger partial charge in [-0.25, -0.2) is 0 Å². The van der Waals surface area contributed by atoms with Crippen molar-refractivity contribution in [2.75, 3.05) is 36.4 Å². The smallest absolute Gasteiger partial charge is 0.276 e. The van der Waals surface area contributed by atoms with Crippen LogP contribution in [0.25, 0.3) is 5.70 Å². The maximum Gasteiger partial charge on any atom is 0.276 e. The maximum atomic E-state index is 12.5. The number of aromatic nitrogens is 2. The predicted octanol–water partition coefficient (Wildman–Crippen LogP) is 3.05. The van der Waals surface area contributed by atoms with E-state index < -0.39 is 0 Å². The van der Waals surface area contributed by atoms with E-state index in [2.05, 4.69) is 35.7 Å². The standard InChI is InChI=1S/C20H20N6OS/c27-19(16-7-8-18(24-23-16)25-10-1-2-11-25)22-15-5-3-14(4-6-15)17-13-28-20-21-9-12-26(17)20/h3-8,13H,1-2,9-12H2,(H,22,27). The zero-order valence-electron chi connectivity index (χ0n) is 15.3. The molecule has 0 atom stereocenters. The maximum absolute atomic E-state index is 12.5. The average Bonchev–Trinajstić information content (AvgIpc) is 3.47. The van der Waals surface area contributed by atoms with Crippen LogP contribution in [0.1, 0.15) is 28.9 Å². The van der Waals surface area contributed by atoms with Gasteiger partial charge >= 0.3 is 0 Å². The van der Waals surface area contributed by atoms with Crippen LogP contribution in [0.4, 0.5) is 11.5 Å². The first-order valence-corrected chi connectivity index (χ1v) is 10.4. The molecule has 1 aromatic carbocycles. The third-order valence-electron chi connectivity index (χ3n) is 5.12. The van der Waals surface area contributed by atoms with Crippen molar-refractivity contribution in [3.8, 4) is 0 Å². The van der Waals surface area contributed by atoms with Crippen molar-refractivity contribution in [1.29, 1.82) is 0 Å². The molecule has 3 aliphatic rings. The summed E-state index contributed by atoms with van der Waals surface area (Å²) in [5, 5.41) is 14.4. The lowest BCUT2D eigenvalue weighted by Gasteiger charge is -2.17.